The van der Waals surface area contributed by atoms with E-state index in [2.05, 4.69) is 4.98 Å². The van der Waals surface area contributed by atoms with E-state index in [1.807, 2.05) is 0 Å². The molecule has 0 aromatic carbocycles. The van der Waals surface area contributed by atoms with Gasteiger partial charge in [-0.05, 0) is 12.8 Å². The van der Waals surface area contributed by atoms with E-state index in [1.54, 1.807) is 26.0 Å². The highest BCUT2D eigenvalue weighted by atomic mass is 19.1. The summed E-state index contributed by atoms with van der Waals surface area (Å²) in [5.41, 5.74) is -0.725. The highest BCUT2D eigenvalue weighted by molar-refractivity contribution is 5.11. The first-order valence-electron chi connectivity index (χ1n) is 6.21. The Kier molecular flexibility index (Phi) is 3.71. The van der Waals surface area contributed by atoms with Crippen molar-refractivity contribution < 1.29 is 9.50 Å². The van der Waals surface area contributed by atoms with E-state index in [4.69, 9.17) is 5.11 Å². The Hall–Kier alpha value is -1.69. The second-order valence-electron chi connectivity index (χ2n) is 5.00. The lowest BCUT2D eigenvalue weighted by molar-refractivity contribution is 0.107. The molecule has 1 aromatic rings. The van der Waals surface area contributed by atoms with Crippen molar-refractivity contribution in [3.05, 3.63) is 44.8 Å². The number of aliphatic hydroxyl groups is 1. The van der Waals surface area contributed by atoms with Crippen LogP contribution in [0.15, 0.2) is 27.9 Å². The fraction of sp³-hybridized carbons (Fsp3) is 0.538. The molecule has 0 aliphatic heterocycles. The standard InChI is InChI=1S/C13H17FN2O3/c1-7-5-16(13(19)15-12(7)18)10-4-3-9(6-17)8(2)11(10)14/h3-5,8-11,17H,6H2,1-2H3,(H,15,18,19)/t8-,9?,10-,11-/m1/s1. The van der Waals surface area contributed by atoms with Crippen LogP contribution in [0.4, 0.5) is 4.39 Å². The summed E-state index contributed by atoms with van der Waals surface area (Å²) < 4.78 is 15.6. The largest absolute Gasteiger partial charge is 0.396 e. The normalized spacial score (nSPS) is 30.5. The van der Waals surface area contributed by atoms with Crippen LogP contribution in [0, 0.1) is 18.8 Å². The SMILES string of the molecule is Cc1cn([C@@H]2C=CC(CO)[C@@H](C)[C@H]2F)c(=O)[nH]c1=O. The molecule has 0 fully saturated rings. The lowest BCUT2D eigenvalue weighted by Crippen LogP contribution is -2.40. The van der Waals surface area contributed by atoms with Crippen LogP contribution in [-0.4, -0.2) is 27.4 Å². The maximum Gasteiger partial charge on any atom is 0.328 e. The Balaban J connectivity index is 2.46. The molecule has 1 aliphatic carbocycles. The van der Waals surface area contributed by atoms with Gasteiger partial charge in [0, 0.05) is 24.3 Å². The molecule has 1 unspecified atom stereocenters. The number of halogens is 1. The van der Waals surface area contributed by atoms with Crippen LogP contribution in [-0.2, 0) is 0 Å². The third-order valence-electron chi connectivity index (χ3n) is 3.74. The van der Waals surface area contributed by atoms with Gasteiger partial charge in [0.2, 0.25) is 0 Å². The highest BCUT2D eigenvalue weighted by Crippen LogP contribution is 2.33. The highest BCUT2D eigenvalue weighted by Gasteiger charge is 2.34. The lowest BCUT2D eigenvalue weighted by atomic mass is 9.82. The third-order valence-corrected chi connectivity index (χ3v) is 3.74. The average molecular weight is 268 g/mol. The van der Waals surface area contributed by atoms with E-state index in [0.717, 1.165) is 0 Å². The number of aromatic amines is 1. The van der Waals surface area contributed by atoms with Gasteiger partial charge >= 0.3 is 5.69 Å². The molecule has 0 bridgehead atoms. The molecule has 1 heterocycles. The molecular weight excluding hydrogens is 251 g/mol. The van der Waals surface area contributed by atoms with Crippen molar-refractivity contribution >= 4 is 0 Å². The second-order valence-corrected chi connectivity index (χ2v) is 5.00. The van der Waals surface area contributed by atoms with Crippen LogP contribution in [0.2, 0.25) is 0 Å². The van der Waals surface area contributed by atoms with Crippen LogP contribution >= 0.6 is 0 Å². The Morgan fingerprint density at radius 3 is 2.74 bits per heavy atom. The third kappa shape index (κ3) is 2.40. The van der Waals surface area contributed by atoms with Crippen LogP contribution < -0.4 is 11.2 Å². The molecule has 0 saturated heterocycles. The minimum absolute atomic E-state index is 0.121. The second kappa shape index (κ2) is 5.13. The molecule has 2 rings (SSSR count). The van der Waals surface area contributed by atoms with Crippen LogP contribution in [0.1, 0.15) is 18.5 Å². The van der Waals surface area contributed by atoms with Crippen molar-refractivity contribution in [1.82, 2.24) is 9.55 Å². The first-order chi connectivity index (χ1) is 8.95. The Labute approximate surface area is 109 Å². The molecule has 4 atom stereocenters. The van der Waals surface area contributed by atoms with Crippen LogP contribution in [0.25, 0.3) is 0 Å². The van der Waals surface area contributed by atoms with E-state index in [-0.39, 0.29) is 18.4 Å². The van der Waals surface area contributed by atoms with E-state index < -0.39 is 23.5 Å². The molecule has 104 valence electrons. The van der Waals surface area contributed by atoms with E-state index >= 15 is 0 Å². The number of aliphatic hydroxyl groups excluding tert-OH is 1. The minimum Gasteiger partial charge on any atom is -0.396 e. The van der Waals surface area contributed by atoms with Gasteiger partial charge in [0.05, 0.1) is 6.04 Å². The van der Waals surface area contributed by atoms with Crippen molar-refractivity contribution in [3.8, 4) is 0 Å². The lowest BCUT2D eigenvalue weighted by Gasteiger charge is -2.32. The number of allylic oxidation sites excluding steroid dienone is 1. The number of nitrogens with zero attached hydrogens (tertiary/aromatic N) is 1. The van der Waals surface area contributed by atoms with E-state index in [0.29, 0.717) is 5.56 Å². The van der Waals surface area contributed by atoms with Gasteiger partial charge < -0.3 is 5.11 Å². The van der Waals surface area contributed by atoms with E-state index in [9.17, 15) is 14.0 Å². The maximum absolute atomic E-state index is 14.4. The summed E-state index contributed by atoms with van der Waals surface area (Å²) in [6, 6.07) is -0.749. The fourth-order valence-electron chi connectivity index (χ4n) is 2.37. The first-order valence-corrected chi connectivity index (χ1v) is 6.21. The van der Waals surface area contributed by atoms with Gasteiger partial charge in [-0.3, -0.25) is 14.3 Å². The van der Waals surface area contributed by atoms with Crippen molar-refractivity contribution in [2.75, 3.05) is 6.61 Å². The number of aryl methyl sites for hydroxylation is 1. The Morgan fingerprint density at radius 1 is 1.42 bits per heavy atom. The summed E-state index contributed by atoms with van der Waals surface area (Å²) in [6.07, 6.45) is 3.38. The van der Waals surface area contributed by atoms with Crippen LogP contribution in [0.3, 0.4) is 0 Å². The summed E-state index contributed by atoms with van der Waals surface area (Å²) in [4.78, 5) is 25.2. The number of rotatable bonds is 2. The molecule has 5 nitrogen and oxygen atoms in total. The molecule has 0 spiro atoms. The number of hydrogen-bond donors (Lipinski definition) is 2. The molecule has 6 heteroatoms. The van der Waals surface area contributed by atoms with Gasteiger partial charge in [-0.1, -0.05) is 19.1 Å². The molecule has 2 N–H and O–H groups in total. The monoisotopic (exact) mass is 268 g/mol. The molecular formula is C13H17FN2O3. The minimum atomic E-state index is -1.29. The van der Waals surface area contributed by atoms with Crippen molar-refractivity contribution in [2.45, 2.75) is 26.1 Å². The first kappa shape index (κ1) is 13.7. The quantitative estimate of drug-likeness (QED) is 0.769. The van der Waals surface area contributed by atoms with Crippen molar-refractivity contribution in [2.24, 2.45) is 11.8 Å². The summed E-state index contributed by atoms with van der Waals surface area (Å²) >= 11 is 0. The zero-order valence-corrected chi connectivity index (χ0v) is 10.8. The summed E-state index contributed by atoms with van der Waals surface area (Å²) in [6.45, 7) is 3.14. The van der Waals surface area contributed by atoms with Gasteiger partial charge in [-0.2, -0.15) is 0 Å². The molecule has 0 saturated carbocycles. The predicted molar refractivity (Wildman–Crippen MR) is 68.9 cm³/mol. The summed E-state index contributed by atoms with van der Waals surface area (Å²) in [7, 11) is 0. The molecule has 0 amide bonds. The number of alkyl halides is 1. The Bertz CT molecular complexity index is 605. The number of H-pyrrole nitrogens is 1. The predicted octanol–water partition coefficient (Wildman–Crippen LogP) is 0.539. The number of hydrogen-bond acceptors (Lipinski definition) is 3. The number of aromatic nitrogens is 2. The topological polar surface area (TPSA) is 75.1 Å². The van der Waals surface area contributed by atoms with Gasteiger partial charge in [-0.15, -0.1) is 0 Å². The fourth-order valence-corrected chi connectivity index (χ4v) is 2.37. The van der Waals surface area contributed by atoms with Gasteiger partial charge in [0.25, 0.3) is 5.56 Å². The van der Waals surface area contributed by atoms with E-state index in [1.165, 1.54) is 10.8 Å². The molecule has 0 radical (unpaired) electrons. The van der Waals surface area contributed by atoms with Gasteiger partial charge in [0.1, 0.15) is 6.17 Å². The van der Waals surface area contributed by atoms with Gasteiger partial charge in [0.15, 0.2) is 0 Å². The van der Waals surface area contributed by atoms with Gasteiger partial charge in [-0.25, -0.2) is 9.18 Å². The molecule has 19 heavy (non-hydrogen) atoms. The Morgan fingerprint density at radius 2 is 2.11 bits per heavy atom. The number of nitrogens with one attached hydrogen (secondary N) is 1. The summed E-state index contributed by atoms with van der Waals surface area (Å²) in [5, 5.41) is 9.14. The summed E-state index contributed by atoms with van der Waals surface area (Å²) in [5.74, 6) is -0.634. The molecule has 1 aliphatic rings. The van der Waals surface area contributed by atoms with Crippen LogP contribution in [0.5, 0.6) is 0 Å². The van der Waals surface area contributed by atoms with Crippen molar-refractivity contribution in [3.63, 3.8) is 0 Å². The maximum atomic E-state index is 14.4. The molecule has 1 aromatic heterocycles. The average Bonchev–Trinajstić information content (AvgIpc) is 2.37. The zero-order valence-electron chi connectivity index (χ0n) is 10.8. The zero-order chi connectivity index (χ0) is 14.2. The smallest absolute Gasteiger partial charge is 0.328 e. The van der Waals surface area contributed by atoms with Crippen molar-refractivity contribution in [1.29, 1.82) is 0 Å².